The summed E-state index contributed by atoms with van der Waals surface area (Å²) in [6, 6.07) is 10.3. The number of halogens is 1. The Balaban J connectivity index is 2.18. The number of fused-ring (bicyclic) bond motifs is 1. The normalized spacial score (nSPS) is 10.8. The van der Waals surface area contributed by atoms with E-state index in [1.807, 2.05) is 12.1 Å². The highest BCUT2D eigenvalue weighted by atomic mass is 79.9. The van der Waals surface area contributed by atoms with Crippen molar-refractivity contribution in [2.75, 3.05) is 19.0 Å². The van der Waals surface area contributed by atoms with Gasteiger partial charge in [0.2, 0.25) is 0 Å². The lowest BCUT2D eigenvalue weighted by Gasteiger charge is -2.12. The van der Waals surface area contributed by atoms with Crippen LogP contribution in [0, 0.1) is 6.92 Å². The topological polar surface area (TPSA) is 18.5 Å². The first kappa shape index (κ1) is 15.2. The summed E-state index contributed by atoms with van der Waals surface area (Å²) < 4.78 is 11.4. The fourth-order valence-electron chi connectivity index (χ4n) is 2.27. The molecule has 108 valence electrons. The van der Waals surface area contributed by atoms with E-state index in [0.29, 0.717) is 0 Å². The summed E-state index contributed by atoms with van der Waals surface area (Å²) in [7, 11) is 1.70. The second-order valence-corrected chi connectivity index (χ2v) is 5.71. The predicted molar refractivity (Wildman–Crippen MR) is 88.4 cm³/mol. The van der Waals surface area contributed by atoms with Crippen molar-refractivity contribution >= 4 is 26.7 Å². The minimum Gasteiger partial charge on any atom is -0.496 e. The van der Waals surface area contributed by atoms with E-state index in [9.17, 15) is 0 Å². The van der Waals surface area contributed by atoms with Gasteiger partial charge in [0, 0.05) is 16.1 Å². The molecule has 0 unspecified atom stereocenters. The average molecular weight is 337 g/mol. The third-order valence-electron chi connectivity index (χ3n) is 3.35. The predicted octanol–water partition coefficient (Wildman–Crippen LogP) is 5.10. The molecule has 0 aliphatic carbocycles. The highest BCUT2D eigenvalue weighted by Gasteiger charge is 2.07. The molecule has 0 aromatic heterocycles. The third kappa shape index (κ3) is 3.66. The number of rotatable bonds is 7. The van der Waals surface area contributed by atoms with E-state index in [1.165, 1.54) is 18.4 Å². The van der Waals surface area contributed by atoms with E-state index < -0.39 is 0 Å². The van der Waals surface area contributed by atoms with Crippen molar-refractivity contribution in [1.82, 2.24) is 0 Å². The molecular weight excluding hydrogens is 316 g/mol. The zero-order chi connectivity index (χ0) is 14.4. The van der Waals surface area contributed by atoms with Crippen LogP contribution in [-0.4, -0.2) is 19.0 Å². The number of unbranched alkanes of at least 4 members (excludes halogenated alkanes) is 2. The van der Waals surface area contributed by atoms with E-state index in [1.54, 1.807) is 7.11 Å². The van der Waals surface area contributed by atoms with Crippen LogP contribution in [0.15, 0.2) is 30.3 Å². The van der Waals surface area contributed by atoms with Crippen LogP contribution in [0.2, 0.25) is 0 Å². The Hall–Kier alpha value is -1.22. The number of ether oxygens (including phenoxy) is 2. The Labute approximate surface area is 129 Å². The van der Waals surface area contributed by atoms with Crippen LogP contribution in [0.25, 0.3) is 10.8 Å². The number of benzene rings is 2. The Kier molecular flexibility index (Phi) is 5.72. The van der Waals surface area contributed by atoms with Crippen LogP contribution < -0.4 is 9.47 Å². The van der Waals surface area contributed by atoms with Gasteiger partial charge in [0.25, 0.3) is 0 Å². The highest BCUT2D eigenvalue weighted by molar-refractivity contribution is 9.09. The zero-order valence-electron chi connectivity index (χ0n) is 12.1. The van der Waals surface area contributed by atoms with Gasteiger partial charge in [-0.25, -0.2) is 0 Å². The van der Waals surface area contributed by atoms with Gasteiger partial charge in [-0.05, 0) is 44.4 Å². The lowest BCUT2D eigenvalue weighted by atomic mass is 10.1. The first-order chi connectivity index (χ1) is 9.76. The molecule has 0 radical (unpaired) electrons. The molecule has 0 saturated heterocycles. The smallest absolute Gasteiger partial charge is 0.127 e. The minimum atomic E-state index is 0.766. The van der Waals surface area contributed by atoms with Crippen LogP contribution in [0.3, 0.4) is 0 Å². The van der Waals surface area contributed by atoms with Crippen molar-refractivity contribution < 1.29 is 9.47 Å². The van der Waals surface area contributed by atoms with Gasteiger partial charge in [0.1, 0.15) is 11.5 Å². The van der Waals surface area contributed by atoms with E-state index in [2.05, 4.69) is 41.1 Å². The molecule has 0 N–H and O–H groups in total. The molecule has 2 rings (SSSR count). The first-order valence-corrected chi connectivity index (χ1v) is 8.14. The number of alkyl halides is 1. The standard InChI is InChI=1S/C17H21BrO2/c1-13-6-7-14-15(12-13)17(9-8-16(14)19-2)20-11-5-3-4-10-18/h6-9,12H,3-5,10-11H2,1-2H3. The molecule has 0 bridgehead atoms. The van der Waals surface area contributed by atoms with Gasteiger partial charge in [0.05, 0.1) is 13.7 Å². The number of hydrogen-bond acceptors (Lipinski definition) is 2. The monoisotopic (exact) mass is 336 g/mol. The fraction of sp³-hybridized carbons (Fsp3) is 0.412. The van der Waals surface area contributed by atoms with Crippen molar-refractivity contribution in [3.63, 3.8) is 0 Å². The molecular formula is C17H21BrO2. The summed E-state index contributed by atoms with van der Waals surface area (Å²) in [6.07, 6.45) is 3.48. The molecule has 0 saturated carbocycles. The number of hydrogen-bond donors (Lipinski definition) is 0. The van der Waals surface area contributed by atoms with Gasteiger partial charge >= 0.3 is 0 Å². The van der Waals surface area contributed by atoms with Gasteiger partial charge in [-0.15, -0.1) is 0 Å². The third-order valence-corrected chi connectivity index (χ3v) is 3.91. The van der Waals surface area contributed by atoms with E-state index in [-0.39, 0.29) is 0 Å². The summed E-state index contributed by atoms with van der Waals surface area (Å²) in [5, 5.41) is 3.30. The molecule has 20 heavy (non-hydrogen) atoms. The lowest BCUT2D eigenvalue weighted by Crippen LogP contribution is -1.98. The summed E-state index contributed by atoms with van der Waals surface area (Å²) in [6.45, 7) is 2.86. The Morgan fingerprint density at radius 3 is 2.50 bits per heavy atom. The number of methoxy groups -OCH3 is 1. The molecule has 2 nitrogen and oxygen atoms in total. The van der Waals surface area contributed by atoms with Crippen molar-refractivity contribution in [3.8, 4) is 11.5 Å². The molecule has 0 aliphatic rings. The quantitative estimate of drug-likeness (QED) is 0.517. The van der Waals surface area contributed by atoms with Crippen LogP contribution in [0.1, 0.15) is 24.8 Å². The first-order valence-electron chi connectivity index (χ1n) is 7.02. The van der Waals surface area contributed by atoms with Crippen LogP contribution in [-0.2, 0) is 0 Å². The zero-order valence-corrected chi connectivity index (χ0v) is 13.7. The molecule has 0 aliphatic heterocycles. The molecule has 0 heterocycles. The summed E-state index contributed by atoms with van der Waals surface area (Å²) in [5.74, 6) is 1.84. The maximum atomic E-state index is 5.95. The Bertz CT molecular complexity index is 566. The molecule has 0 fully saturated rings. The van der Waals surface area contributed by atoms with Gasteiger partial charge in [-0.1, -0.05) is 33.6 Å². The Morgan fingerprint density at radius 2 is 1.75 bits per heavy atom. The second-order valence-electron chi connectivity index (χ2n) is 4.91. The SMILES string of the molecule is COc1ccc(OCCCCCBr)c2cc(C)ccc12. The van der Waals surface area contributed by atoms with Gasteiger partial charge < -0.3 is 9.47 Å². The molecule has 3 heteroatoms. The molecule has 0 spiro atoms. The largest absolute Gasteiger partial charge is 0.496 e. The van der Waals surface area contributed by atoms with Crippen LogP contribution >= 0.6 is 15.9 Å². The maximum absolute atomic E-state index is 5.95. The van der Waals surface area contributed by atoms with Crippen molar-refractivity contribution in [1.29, 1.82) is 0 Å². The van der Waals surface area contributed by atoms with Crippen molar-refractivity contribution in [2.24, 2.45) is 0 Å². The second kappa shape index (κ2) is 7.53. The fourth-order valence-corrected chi connectivity index (χ4v) is 2.66. The Morgan fingerprint density at radius 1 is 0.950 bits per heavy atom. The lowest BCUT2D eigenvalue weighted by molar-refractivity contribution is 0.309. The van der Waals surface area contributed by atoms with Crippen molar-refractivity contribution in [2.45, 2.75) is 26.2 Å². The van der Waals surface area contributed by atoms with Crippen LogP contribution in [0.4, 0.5) is 0 Å². The maximum Gasteiger partial charge on any atom is 0.127 e. The molecule has 2 aromatic rings. The highest BCUT2D eigenvalue weighted by Crippen LogP contribution is 2.33. The minimum absolute atomic E-state index is 0.766. The summed E-state index contributed by atoms with van der Waals surface area (Å²) >= 11 is 3.45. The molecule has 0 amide bonds. The van der Waals surface area contributed by atoms with Crippen LogP contribution in [0.5, 0.6) is 11.5 Å². The van der Waals surface area contributed by atoms with Crippen molar-refractivity contribution in [3.05, 3.63) is 35.9 Å². The van der Waals surface area contributed by atoms with Gasteiger partial charge in [0.15, 0.2) is 0 Å². The summed E-state index contributed by atoms with van der Waals surface area (Å²) in [5.41, 5.74) is 1.23. The van der Waals surface area contributed by atoms with Gasteiger partial charge in [-0.2, -0.15) is 0 Å². The molecule has 2 aromatic carbocycles. The summed E-state index contributed by atoms with van der Waals surface area (Å²) in [4.78, 5) is 0. The van der Waals surface area contributed by atoms with E-state index >= 15 is 0 Å². The molecule has 0 atom stereocenters. The number of aryl methyl sites for hydroxylation is 1. The van der Waals surface area contributed by atoms with Gasteiger partial charge in [-0.3, -0.25) is 0 Å². The van der Waals surface area contributed by atoms with E-state index in [4.69, 9.17) is 9.47 Å². The van der Waals surface area contributed by atoms with E-state index in [0.717, 1.165) is 40.6 Å². The average Bonchev–Trinajstić information content (AvgIpc) is 2.47.